The fourth-order valence-electron chi connectivity index (χ4n) is 1.87. The molecule has 1 heterocycles. The molecular weight excluding hydrogens is 206 g/mol. The van der Waals surface area contributed by atoms with Crippen molar-refractivity contribution in [3.63, 3.8) is 0 Å². The van der Waals surface area contributed by atoms with Crippen LogP contribution in [0.25, 0.3) is 0 Å². The molecule has 0 saturated heterocycles. The van der Waals surface area contributed by atoms with Gasteiger partial charge in [0.25, 0.3) is 5.91 Å². The third-order valence-electron chi connectivity index (χ3n) is 2.81. The third kappa shape index (κ3) is 1.78. The number of carbonyl (C=O) groups is 2. The van der Waals surface area contributed by atoms with E-state index in [1.807, 2.05) is 18.2 Å². The van der Waals surface area contributed by atoms with E-state index in [1.165, 1.54) is 0 Å². The summed E-state index contributed by atoms with van der Waals surface area (Å²) in [4.78, 5) is 24.2. The fourth-order valence-corrected chi connectivity index (χ4v) is 1.87. The number of hydrogen-bond donors (Lipinski definition) is 1. The second-order valence-corrected chi connectivity index (χ2v) is 4.08. The Morgan fingerprint density at radius 1 is 1.50 bits per heavy atom. The van der Waals surface area contributed by atoms with Gasteiger partial charge in [0, 0.05) is 18.7 Å². The highest BCUT2D eigenvalue weighted by atomic mass is 16.4. The Labute approximate surface area is 93.5 Å². The minimum Gasteiger partial charge on any atom is -0.481 e. The van der Waals surface area contributed by atoms with Gasteiger partial charge < -0.3 is 10.0 Å². The number of carboxylic acids is 1. The second kappa shape index (κ2) is 3.96. The van der Waals surface area contributed by atoms with Gasteiger partial charge in [-0.3, -0.25) is 9.59 Å². The molecule has 0 spiro atoms. The summed E-state index contributed by atoms with van der Waals surface area (Å²) in [6.07, 6.45) is 0. The average Bonchev–Trinajstić information content (AvgIpc) is 2.56. The third-order valence-corrected chi connectivity index (χ3v) is 2.81. The molecule has 1 N–H and O–H groups in total. The molecule has 1 atom stereocenters. The summed E-state index contributed by atoms with van der Waals surface area (Å²) in [5.41, 5.74) is 1.67. The molecule has 1 aliphatic heterocycles. The number of fused-ring (bicyclic) bond motifs is 1. The van der Waals surface area contributed by atoms with Gasteiger partial charge in [-0.2, -0.15) is 0 Å². The van der Waals surface area contributed by atoms with Crippen LogP contribution >= 0.6 is 0 Å². The largest absolute Gasteiger partial charge is 0.481 e. The quantitative estimate of drug-likeness (QED) is 0.835. The Kier molecular flexibility index (Phi) is 2.64. The number of amides is 1. The highest BCUT2D eigenvalue weighted by Gasteiger charge is 2.29. The van der Waals surface area contributed by atoms with Gasteiger partial charge in [0.15, 0.2) is 0 Å². The first-order chi connectivity index (χ1) is 7.59. The molecule has 0 fully saturated rings. The van der Waals surface area contributed by atoms with Gasteiger partial charge in [0.05, 0.1) is 5.92 Å². The van der Waals surface area contributed by atoms with Crippen molar-refractivity contribution in [3.8, 4) is 0 Å². The highest BCUT2D eigenvalue weighted by molar-refractivity contribution is 5.98. The number of benzene rings is 1. The van der Waals surface area contributed by atoms with Crippen LogP contribution in [-0.2, 0) is 11.3 Å². The van der Waals surface area contributed by atoms with E-state index in [4.69, 9.17) is 5.11 Å². The molecule has 4 nitrogen and oxygen atoms in total. The molecule has 0 aromatic heterocycles. The number of hydrogen-bond acceptors (Lipinski definition) is 2. The lowest BCUT2D eigenvalue weighted by atomic mass is 10.1. The lowest BCUT2D eigenvalue weighted by molar-refractivity contribution is -0.141. The van der Waals surface area contributed by atoms with E-state index in [0.29, 0.717) is 12.1 Å². The van der Waals surface area contributed by atoms with Crippen LogP contribution in [0.2, 0.25) is 0 Å². The van der Waals surface area contributed by atoms with Crippen molar-refractivity contribution in [2.24, 2.45) is 5.92 Å². The molecule has 1 aromatic carbocycles. The van der Waals surface area contributed by atoms with Crippen molar-refractivity contribution < 1.29 is 14.7 Å². The molecule has 1 amide bonds. The number of nitrogens with zero attached hydrogens (tertiary/aromatic N) is 1. The number of carbonyl (C=O) groups excluding carboxylic acids is 1. The van der Waals surface area contributed by atoms with Gasteiger partial charge in [-0.05, 0) is 11.6 Å². The van der Waals surface area contributed by atoms with Crippen molar-refractivity contribution in [3.05, 3.63) is 35.4 Å². The minimum atomic E-state index is -0.872. The molecule has 0 bridgehead atoms. The van der Waals surface area contributed by atoms with E-state index in [9.17, 15) is 9.59 Å². The molecule has 0 aliphatic carbocycles. The van der Waals surface area contributed by atoms with E-state index in [-0.39, 0.29) is 12.5 Å². The Bertz CT molecular complexity index is 442. The van der Waals surface area contributed by atoms with Crippen molar-refractivity contribution >= 4 is 11.9 Å². The first kappa shape index (κ1) is 10.7. The van der Waals surface area contributed by atoms with E-state index in [1.54, 1.807) is 17.9 Å². The lowest BCUT2D eigenvalue weighted by Gasteiger charge is -2.17. The highest BCUT2D eigenvalue weighted by Crippen LogP contribution is 2.22. The molecule has 1 aliphatic rings. The van der Waals surface area contributed by atoms with E-state index in [0.717, 1.165) is 5.56 Å². The first-order valence-electron chi connectivity index (χ1n) is 5.19. The van der Waals surface area contributed by atoms with Crippen LogP contribution in [0.3, 0.4) is 0 Å². The van der Waals surface area contributed by atoms with E-state index >= 15 is 0 Å². The molecule has 4 heteroatoms. The maximum Gasteiger partial charge on any atom is 0.308 e. The molecule has 84 valence electrons. The van der Waals surface area contributed by atoms with Gasteiger partial charge in [-0.25, -0.2) is 0 Å². The zero-order chi connectivity index (χ0) is 11.7. The zero-order valence-corrected chi connectivity index (χ0v) is 9.01. The summed E-state index contributed by atoms with van der Waals surface area (Å²) in [7, 11) is 0. The normalized spacial score (nSPS) is 16.1. The molecule has 0 radical (unpaired) electrons. The van der Waals surface area contributed by atoms with Crippen LogP contribution in [0.5, 0.6) is 0 Å². The van der Waals surface area contributed by atoms with Gasteiger partial charge in [-0.15, -0.1) is 0 Å². The summed E-state index contributed by atoms with van der Waals surface area (Å²) in [6, 6.07) is 7.39. The fraction of sp³-hybridized carbons (Fsp3) is 0.333. The van der Waals surface area contributed by atoms with Crippen molar-refractivity contribution in [2.75, 3.05) is 6.54 Å². The van der Waals surface area contributed by atoms with Gasteiger partial charge in [0.2, 0.25) is 0 Å². The average molecular weight is 219 g/mol. The molecular formula is C12H13NO3. The summed E-state index contributed by atoms with van der Waals surface area (Å²) in [5.74, 6) is -1.47. The number of carboxylic acid groups (broad SMARTS) is 1. The van der Waals surface area contributed by atoms with Crippen LogP contribution in [0, 0.1) is 5.92 Å². The van der Waals surface area contributed by atoms with E-state index < -0.39 is 11.9 Å². The van der Waals surface area contributed by atoms with Crippen LogP contribution in [0.15, 0.2) is 24.3 Å². The summed E-state index contributed by atoms with van der Waals surface area (Å²) >= 11 is 0. The van der Waals surface area contributed by atoms with Crippen LogP contribution in [-0.4, -0.2) is 28.4 Å². The maximum absolute atomic E-state index is 11.9. The number of rotatable bonds is 3. The summed E-state index contributed by atoms with van der Waals surface area (Å²) in [6.45, 7) is 2.40. The summed E-state index contributed by atoms with van der Waals surface area (Å²) < 4.78 is 0. The van der Waals surface area contributed by atoms with Crippen molar-refractivity contribution in [1.82, 2.24) is 4.90 Å². The second-order valence-electron chi connectivity index (χ2n) is 4.08. The monoisotopic (exact) mass is 219 g/mol. The maximum atomic E-state index is 11.9. The summed E-state index contributed by atoms with van der Waals surface area (Å²) in [5, 5.41) is 8.81. The molecule has 2 rings (SSSR count). The van der Waals surface area contributed by atoms with Crippen LogP contribution in [0.1, 0.15) is 22.8 Å². The topological polar surface area (TPSA) is 57.6 Å². The Morgan fingerprint density at radius 2 is 2.19 bits per heavy atom. The van der Waals surface area contributed by atoms with Crippen LogP contribution < -0.4 is 0 Å². The minimum absolute atomic E-state index is 0.0660. The SMILES string of the molecule is CC(CN1Cc2ccccc2C1=O)C(=O)O. The van der Waals surface area contributed by atoms with Gasteiger partial charge >= 0.3 is 5.97 Å². The predicted octanol–water partition coefficient (Wildman–Crippen LogP) is 1.36. The molecule has 1 unspecified atom stereocenters. The molecule has 16 heavy (non-hydrogen) atoms. The van der Waals surface area contributed by atoms with Crippen molar-refractivity contribution in [2.45, 2.75) is 13.5 Å². The first-order valence-corrected chi connectivity index (χ1v) is 5.19. The molecule has 0 saturated carbocycles. The smallest absolute Gasteiger partial charge is 0.308 e. The van der Waals surface area contributed by atoms with Crippen molar-refractivity contribution in [1.29, 1.82) is 0 Å². The Morgan fingerprint density at radius 3 is 2.81 bits per heavy atom. The Balaban J connectivity index is 2.13. The lowest BCUT2D eigenvalue weighted by Crippen LogP contribution is -2.32. The molecule has 1 aromatic rings. The Hall–Kier alpha value is -1.84. The standard InChI is InChI=1S/C12H13NO3/c1-8(12(15)16)6-13-7-9-4-2-3-5-10(9)11(13)14/h2-5,8H,6-7H2,1H3,(H,15,16). The van der Waals surface area contributed by atoms with Gasteiger partial charge in [-0.1, -0.05) is 25.1 Å². The van der Waals surface area contributed by atoms with Gasteiger partial charge in [0.1, 0.15) is 0 Å². The predicted molar refractivity (Wildman–Crippen MR) is 58.0 cm³/mol. The van der Waals surface area contributed by atoms with Crippen LogP contribution in [0.4, 0.5) is 0 Å². The zero-order valence-electron chi connectivity index (χ0n) is 9.01. The van der Waals surface area contributed by atoms with E-state index in [2.05, 4.69) is 0 Å². The number of aliphatic carboxylic acids is 1.